The van der Waals surface area contributed by atoms with Crippen LogP contribution in [0.4, 0.5) is 5.82 Å². The van der Waals surface area contributed by atoms with E-state index in [4.69, 9.17) is 14.7 Å². The van der Waals surface area contributed by atoms with Crippen LogP contribution in [0.3, 0.4) is 0 Å². The summed E-state index contributed by atoms with van der Waals surface area (Å²) >= 11 is 3.57. The second kappa shape index (κ2) is 9.74. The van der Waals surface area contributed by atoms with Crippen molar-refractivity contribution in [2.45, 2.75) is 70.2 Å². The average Bonchev–Trinajstić information content (AvgIpc) is 3.02. The summed E-state index contributed by atoms with van der Waals surface area (Å²) in [6.45, 7) is 9.46. The van der Waals surface area contributed by atoms with Gasteiger partial charge in [0.25, 0.3) is 0 Å². The van der Waals surface area contributed by atoms with E-state index in [0.29, 0.717) is 6.61 Å². The van der Waals surface area contributed by atoms with Gasteiger partial charge in [0.15, 0.2) is 5.16 Å². The molecule has 0 spiro atoms. The fraction of sp³-hybridized carbons (Fsp3) is 0.714. The molecule has 1 atom stereocenters. The molecule has 0 fully saturated rings. The van der Waals surface area contributed by atoms with Crippen molar-refractivity contribution in [1.82, 2.24) is 9.97 Å². The molecule has 2 aromatic rings. The van der Waals surface area contributed by atoms with Gasteiger partial charge in [0, 0.05) is 30.0 Å². The molecule has 2 N–H and O–H groups in total. The average molecular weight is 424 g/mol. The van der Waals surface area contributed by atoms with Gasteiger partial charge in [-0.2, -0.15) is 0 Å². The van der Waals surface area contributed by atoms with Crippen molar-refractivity contribution >= 4 is 39.1 Å². The number of thiophene rings is 1. The van der Waals surface area contributed by atoms with Crippen LogP contribution in [-0.4, -0.2) is 48.5 Å². The van der Waals surface area contributed by atoms with Crippen LogP contribution >= 0.6 is 23.1 Å². The first-order chi connectivity index (χ1) is 13.5. The zero-order chi connectivity index (χ0) is 20.1. The molecule has 28 heavy (non-hydrogen) atoms. The summed E-state index contributed by atoms with van der Waals surface area (Å²) in [5, 5.41) is 5.78. The molecule has 0 unspecified atom stereocenters. The van der Waals surface area contributed by atoms with Crippen LogP contribution in [0.25, 0.3) is 10.2 Å². The molecule has 0 amide bonds. The number of rotatable bonds is 10. The summed E-state index contributed by atoms with van der Waals surface area (Å²) in [4.78, 5) is 13.8. The van der Waals surface area contributed by atoms with Crippen LogP contribution in [0.5, 0.6) is 0 Å². The van der Waals surface area contributed by atoms with Crippen molar-refractivity contribution in [2.75, 3.05) is 38.3 Å². The predicted octanol–water partition coefficient (Wildman–Crippen LogP) is 3.77. The SMILES string of the molecule is CCCCSc1nc(NCCC[NH+](C)C)c2c3c(sc2n1)CO[C@](C)(CC)C3. The standard InChI is InChI=1S/C21H34N4OS2/c1-6-8-12-27-20-23-18(22-10-9-11-25(4)5)17-15-13-21(3,7-2)26-14-16(15)28-19(17)24-20/h6-14H2,1-5H3,(H,22,23,24)/p+1/t21-/m1/s1. The number of quaternary nitrogens is 1. The van der Waals surface area contributed by atoms with Gasteiger partial charge in [-0.15, -0.1) is 11.3 Å². The normalized spacial score (nSPS) is 19.4. The van der Waals surface area contributed by atoms with Crippen molar-refractivity contribution in [3.8, 4) is 0 Å². The highest BCUT2D eigenvalue weighted by molar-refractivity contribution is 7.99. The van der Waals surface area contributed by atoms with E-state index in [1.54, 1.807) is 23.1 Å². The van der Waals surface area contributed by atoms with Gasteiger partial charge in [0.1, 0.15) is 10.6 Å². The summed E-state index contributed by atoms with van der Waals surface area (Å²) in [6.07, 6.45) is 5.50. The Hall–Kier alpha value is -0.890. The van der Waals surface area contributed by atoms with Gasteiger partial charge in [-0.3, -0.25) is 0 Å². The minimum absolute atomic E-state index is 0.0822. The third kappa shape index (κ3) is 5.17. The Balaban J connectivity index is 1.91. The molecular formula is C21H35N4OS2+. The lowest BCUT2D eigenvalue weighted by atomic mass is 9.90. The zero-order valence-corrected chi connectivity index (χ0v) is 19.6. The molecule has 0 aliphatic carbocycles. The van der Waals surface area contributed by atoms with Crippen molar-refractivity contribution in [2.24, 2.45) is 0 Å². The molecule has 2 aromatic heterocycles. The van der Waals surface area contributed by atoms with Crippen LogP contribution in [0, 0.1) is 0 Å². The Bertz CT molecular complexity index is 792. The van der Waals surface area contributed by atoms with E-state index < -0.39 is 0 Å². The largest absolute Gasteiger partial charge is 0.369 e. The zero-order valence-electron chi connectivity index (χ0n) is 18.0. The van der Waals surface area contributed by atoms with Gasteiger partial charge in [-0.05, 0) is 25.3 Å². The van der Waals surface area contributed by atoms with Gasteiger partial charge in [-0.25, -0.2) is 9.97 Å². The molecule has 7 heteroatoms. The number of thioether (sulfide) groups is 1. The Morgan fingerprint density at radius 1 is 1.25 bits per heavy atom. The van der Waals surface area contributed by atoms with Crippen molar-refractivity contribution in [3.63, 3.8) is 0 Å². The summed E-state index contributed by atoms with van der Waals surface area (Å²) < 4.78 is 6.18. The molecule has 0 aromatic carbocycles. The van der Waals surface area contributed by atoms with Gasteiger partial charge in [-0.1, -0.05) is 32.0 Å². The van der Waals surface area contributed by atoms with Crippen LogP contribution in [0.2, 0.25) is 0 Å². The Kier molecular flexibility index (Phi) is 7.59. The molecule has 0 radical (unpaired) electrons. The first-order valence-electron chi connectivity index (χ1n) is 10.6. The molecular weight excluding hydrogens is 388 g/mol. The lowest BCUT2D eigenvalue weighted by molar-refractivity contribution is -0.858. The van der Waals surface area contributed by atoms with Gasteiger partial charge >= 0.3 is 0 Å². The highest BCUT2D eigenvalue weighted by Crippen LogP contribution is 2.42. The second-order valence-electron chi connectivity index (χ2n) is 8.25. The number of nitrogens with one attached hydrogen (secondary N) is 2. The highest BCUT2D eigenvalue weighted by atomic mass is 32.2. The monoisotopic (exact) mass is 423 g/mol. The minimum atomic E-state index is -0.0822. The maximum atomic E-state index is 6.18. The van der Waals surface area contributed by atoms with Crippen molar-refractivity contribution in [1.29, 1.82) is 0 Å². The van der Waals surface area contributed by atoms with Gasteiger partial charge < -0.3 is 15.0 Å². The highest BCUT2D eigenvalue weighted by Gasteiger charge is 2.33. The number of ether oxygens (including phenoxy) is 1. The van der Waals surface area contributed by atoms with E-state index in [-0.39, 0.29) is 5.60 Å². The number of hydrogen-bond acceptors (Lipinski definition) is 6. The van der Waals surface area contributed by atoms with E-state index >= 15 is 0 Å². The number of hydrogen-bond donors (Lipinski definition) is 2. The van der Waals surface area contributed by atoms with Crippen LogP contribution in [-0.2, 0) is 17.8 Å². The van der Waals surface area contributed by atoms with Gasteiger partial charge in [0.2, 0.25) is 0 Å². The fourth-order valence-electron chi connectivity index (χ4n) is 3.43. The molecule has 0 bridgehead atoms. The molecule has 3 heterocycles. The minimum Gasteiger partial charge on any atom is -0.369 e. The van der Waals surface area contributed by atoms with Crippen molar-refractivity contribution in [3.05, 3.63) is 10.4 Å². The molecule has 1 aliphatic rings. The molecule has 1 aliphatic heterocycles. The summed E-state index contributed by atoms with van der Waals surface area (Å²) in [5.74, 6) is 2.10. The number of nitrogens with zero attached hydrogens (tertiary/aromatic N) is 2. The number of aromatic nitrogens is 2. The summed E-state index contributed by atoms with van der Waals surface area (Å²) in [5.41, 5.74) is 1.32. The van der Waals surface area contributed by atoms with Crippen molar-refractivity contribution < 1.29 is 9.64 Å². The molecule has 156 valence electrons. The van der Waals surface area contributed by atoms with Crippen LogP contribution in [0.15, 0.2) is 5.16 Å². The smallest absolute Gasteiger partial charge is 0.190 e. The number of unbranched alkanes of at least 4 members (excludes halogenated alkanes) is 1. The third-order valence-electron chi connectivity index (χ3n) is 5.44. The maximum absolute atomic E-state index is 6.18. The third-order valence-corrected chi connectivity index (χ3v) is 7.47. The quantitative estimate of drug-likeness (QED) is 0.346. The molecule has 0 saturated heterocycles. The Morgan fingerprint density at radius 3 is 2.79 bits per heavy atom. The van der Waals surface area contributed by atoms with Crippen LogP contribution < -0.4 is 10.2 Å². The lowest BCUT2D eigenvalue weighted by Crippen LogP contribution is -3.05. The molecule has 0 saturated carbocycles. The van der Waals surface area contributed by atoms with Crippen LogP contribution in [0.1, 0.15) is 56.9 Å². The summed E-state index contributed by atoms with van der Waals surface area (Å²) in [6, 6.07) is 0. The lowest BCUT2D eigenvalue weighted by Gasteiger charge is -2.33. The number of anilines is 1. The van der Waals surface area contributed by atoms with Gasteiger partial charge in [0.05, 0.1) is 38.2 Å². The second-order valence-corrected chi connectivity index (χ2v) is 10.4. The Morgan fingerprint density at radius 2 is 2.07 bits per heavy atom. The van der Waals surface area contributed by atoms with E-state index in [0.717, 1.165) is 53.9 Å². The van der Waals surface area contributed by atoms with E-state index in [1.807, 2.05) is 0 Å². The van der Waals surface area contributed by atoms with E-state index in [2.05, 4.69) is 40.2 Å². The topological polar surface area (TPSA) is 51.5 Å². The number of fused-ring (bicyclic) bond motifs is 3. The molecule has 5 nitrogen and oxygen atoms in total. The van der Waals surface area contributed by atoms with E-state index in [1.165, 1.54) is 33.6 Å². The maximum Gasteiger partial charge on any atom is 0.190 e. The van der Waals surface area contributed by atoms with E-state index in [9.17, 15) is 0 Å². The fourth-order valence-corrected chi connectivity index (χ4v) is 5.52. The predicted molar refractivity (Wildman–Crippen MR) is 121 cm³/mol. The Labute approximate surface area is 177 Å². The first kappa shape index (κ1) is 21.8. The summed E-state index contributed by atoms with van der Waals surface area (Å²) in [7, 11) is 4.40. The first-order valence-corrected chi connectivity index (χ1v) is 12.4. The molecule has 3 rings (SSSR count).